The molecule has 0 fully saturated rings. The van der Waals surface area contributed by atoms with Crippen molar-refractivity contribution in [3.8, 4) is 0 Å². The normalized spacial score (nSPS) is 15.5. The highest BCUT2D eigenvalue weighted by Gasteiger charge is 2.23. The summed E-state index contributed by atoms with van der Waals surface area (Å²) in [5, 5.41) is 13.6. The minimum Gasteiger partial charge on any atom is -0.756 e. The van der Waals surface area contributed by atoms with Crippen LogP contribution in [0.5, 0.6) is 0 Å². The van der Waals surface area contributed by atoms with E-state index in [0.29, 0.717) is 17.4 Å². The van der Waals surface area contributed by atoms with E-state index in [1.54, 1.807) is 6.08 Å². The molecule has 54 heavy (non-hydrogen) atoms. The monoisotopic (exact) mass is 773 g/mol. The highest BCUT2D eigenvalue weighted by molar-refractivity contribution is 7.45. The van der Waals surface area contributed by atoms with Crippen LogP contribution in [0.1, 0.15) is 129 Å². The topological polar surface area (TPSA) is 108 Å². The first kappa shape index (κ1) is 51.4. The lowest BCUT2D eigenvalue weighted by Gasteiger charge is -2.29. The van der Waals surface area contributed by atoms with E-state index >= 15 is 0 Å². The van der Waals surface area contributed by atoms with Gasteiger partial charge in [-0.3, -0.25) is 9.36 Å². The van der Waals surface area contributed by atoms with Gasteiger partial charge in [-0.05, 0) is 70.6 Å². The van der Waals surface area contributed by atoms with Gasteiger partial charge in [-0.2, -0.15) is 0 Å². The number of allylic oxidation sites excluding steroid dienone is 15. The zero-order valence-corrected chi connectivity index (χ0v) is 35.5. The van der Waals surface area contributed by atoms with E-state index in [-0.39, 0.29) is 18.9 Å². The van der Waals surface area contributed by atoms with Crippen LogP contribution >= 0.6 is 7.82 Å². The summed E-state index contributed by atoms with van der Waals surface area (Å²) in [5.74, 6) is -0.264. The van der Waals surface area contributed by atoms with Gasteiger partial charge in [-0.1, -0.05) is 150 Å². The maximum absolute atomic E-state index is 12.8. The molecule has 9 heteroatoms. The quantitative estimate of drug-likeness (QED) is 0.0287. The number of rotatable bonds is 35. The van der Waals surface area contributed by atoms with Crippen molar-refractivity contribution in [3.63, 3.8) is 0 Å². The van der Waals surface area contributed by atoms with Crippen molar-refractivity contribution < 1.29 is 32.9 Å². The molecule has 0 rings (SSSR count). The summed E-state index contributed by atoms with van der Waals surface area (Å²) in [6, 6.07) is -0.921. The first-order chi connectivity index (χ1) is 26.0. The van der Waals surface area contributed by atoms with Gasteiger partial charge in [-0.15, -0.1) is 0 Å². The first-order valence-corrected chi connectivity index (χ1v) is 22.1. The van der Waals surface area contributed by atoms with Crippen molar-refractivity contribution in [2.45, 2.75) is 142 Å². The summed E-state index contributed by atoms with van der Waals surface area (Å²) in [5.41, 5.74) is 0. The Hall–Kier alpha value is -2.58. The average Bonchev–Trinajstić information content (AvgIpc) is 3.12. The molecular weight excluding hydrogens is 695 g/mol. The average molecular weight is 773 g/mol. The molecule has 3 atom stereocenters. The van der Waals surface area contributed by atoms with Gasteiger partial charge in [-0.25, -0.2) is 0 Å². The zero-order chi connectivity index (χ0) is 40.0. The van der Waals surface area contributed by atoms with Crippen molar-refractivity contribution in [2.24, 2.45) is 0 Å². The summed E-state index contributed by atoms with van der Waals surface area (Å²) in [7, 11) is 1.20. The van der Waals surface area contributed by atoms with E-state index in [1.165, 1.54) is 32.1 Å². The largest absolute Gasteiger partial charge is 0.756 e. The number of nitrogens with one attached hydrogen (secondary N) is 1. The van der Waals surface area contributed by atoms with E-state index in [1.807, 2.05) is 27.2 Å². The summed E-state index contributed by atoms with van der Waals surface area (Å²) in [4.78, 5) is 25.2. The first-order valence-electron chi connectivity index (χ1n) is 20.6. The molecule has 0 spiro atoms. The number of carbonyl (C=O) groups is 1. The van der Waals surface area contributed by atoms with Crippen LogP contribution in [0.15, 0.2) is 97.2 Å². The molecule has 1 amide bonds. The lowest BCUT2D eigenvalue weighted by molar-refractivity contribution is -0.870. The fourth-order valence-corrected chi connectivity index (χ4v) is 5.74. The second-order valence-corrected chi connectivity index (χ2v) is 16.0. The number of phosphoric ester groups is 1. The Morgan fingerprint density at radius 2 is 1.13 bits per heavy atom. The number of phosphoric acid groups is 1. The van der Waals surface area contributed by atoms with E-state index < -0.39 is 26.6 Å². The number of hydrogen-bond acceptors (Lipinski definition) is 6. The SMILES string of the molecule is CC/C=C\C/C=C\C/C=C\C/C=C\C/C=C\C/C=C\C/C=C\CCCC(=O)NC(COP(=O)([O-])OCC[N+](C)(C)C)C(O)/C=C/CCCCCCCCC. The molecule has 3 unspecified atom stereocenters. The van der Waals surface area contributed by atoms with E-state index in [2.05, 4.69) is 104 Å². The van der Waals surface area contributed by atoms with Crippen LogP contribution in [0.4, 0.5) is 0 Å². The number of carbonyl (C=O) groups excluding carboxylic acids is 1. The van der Waals surface area contributed by atoms with E-state index in [9.17, 15) is 19.4 Å². The molecule has 0 aromatic rings. The lowest BCUT2D eigenvalue weighted by Crippen LogP contribution is -2.45. The van der Waals surface area contributed by atoms with Crippen molar-refractivity contribution in [1.82, 2.24) is 5.32 Å². The van der Waals surface area contributed by atoms with Gasteiger partial charge >= 0.3 is 0 Å². The fourth-order valence-electron chi connectivity index (χ4n) is 5.02. The van der Waals surface area contributed by atoms with E-state index in [0.717, 1.165) is 70.6 Å². The molecule has 0 aliphatic rings. The number of amides is 1. The molecule has 0 aliphatic heterocycles. The Morgan fingerprint density at radius 3 is 1.63 bits per heavy atom. The van der Waals surface area contributed by atoms with Crippen LogP contribution in [-0.2, 0) is 18.4 Å². The number of hydrogen-bond donors (Lipinski definition) is 2. The summed E-state index contributed by atoms with van der Waals surface area (Å²) >= 11 is 0. The molecule has 0 saturated heterocycles. The number of unbranched alkanes of at least 4 members (excludes halogenated alkanes) is 8. The summed E-state index contributed by atoms with van der Waals surface area (Å²) < 4.78 is 23.0. The standard InChI is InChI=1S/C45H77N2O6P/c1-6-8-10-12-14-16-17-18-19-20-21-22-23-24-25-26-27-28-29-31-33-35-37-39-45(49)46-43(42-53-54(50,51)52-41-40-47(3,4)5)44(48)38-36-34-32-30-15-13-11-9-7-2/h8,10,14,16,18-19,21-22,24-25,27-28,31,33,36,38,43-44,48H,6-7,9,11-13,15,17,20,23,26,29-30,32,34-35,37,39-42H2,1-5H3,(H-,46,49,50,51)/b10-8-,16-14-,19-18-,22-21-,25-24-,28-27-,33-31-,38-36+. The molecule has 8 nitrogen and oxygen atoms in total. The van der Waals surface area contributed by atoms with Gasteiger partial charge in [0.15, 0.2) is 0 Å². The maximum atomic E-state index is 12.8. The second-order valence-electron chi connectivity index (χ2n) is 14.6. The van der Waals surface area contributed by atoms with Crippen molar-refractivity contribution in [1.29, 1.82) is 0 Å². The third-order valence-electron chi connectivity index (χ3n) is 8.30. The predicted octanol–water partition coefficient (Wildman–Crippen LogP) is 10.6. The third-order valence-corrected chi connectivity index (χ3v) is 9.26. The highest BCUT2D eigenvalue weighted by atomic mass is 31.2. The Labute approximate surface area is 330 Å². The van der Waals surface area contributed by atoms with Crippen LogP contribution < -0.4 is 10.2 Å². The smallest absolute Gasteiger partial charge is 0.268 e. The zero-order valence-electron chi connectivity index (χ0n) is 34.6. The van der Waals surface area contributed by atoms with Gasteiger partial charge in [0.25, 0.3) is 7.82 Å². The lowest BCUT2D eigenvalue weighted by atomic mass is 10.1. The maximum Gasteiger partial charge on any atom is 0.268 e. The van der Waals surface area contributed by atoms with Crippen LogP contribution in [-0.4, -0.2) is 68.5 Å². The second kappa shape index (κ2) is 36.1. The van der Waals surface area contributed by atoms with Gasteiger partial charge in [0.1, 0.15) is 13.2 Å². The third kappa shape index (κ3) is 37.7. The molecule has 2 N–H and O–H groups in total. The molecule has 0 saturated carbocycles. The summed E-state index contributed by atoms with van der Waals surface area (Å²) in [6.07, 6.45) is 50.4. The number of quaternary nitrogens is 1. The number of aliphatic hydroxyl groups is 1. The Bertz CT molecular complexity index is 1190. The van der Waals surface area contributed by atoms with Crippen LogP contribution in [0.3, 0.4) is 0 Å². The molecule has 0 heterocycles. The molecule has 0 aliphatic carbocycles. The molecule has 308 valence electrons. The van der Waals surface area contributed by atoms with Crippen LogP contribution in [0.25, 0.3) is 0 Å². The Balaban J connectivity index is 4.51. The van der Waals surface area contributed by atoms with Gasteiger partial charge < -0.3 is 28.8 Å². The molecule has 0 aromatic carbocycles. The van der Waals surface area contributed by atoms with Gasteiger partial charge in [0.05, 0.1) is 39.9 Å². The van der Waals surface area contributed by atoms with Crippen molar-refractivity contribution in [2.75, 3.05) is 40.9 Å². The molecule has 0 bridgehead atoms. The van der Waals surface area contributed by atoms with E-state index in [4.69, 9.17) is 9.05 Å². The Kier molecular flexibility index (Phi) is 34.4. The van der Waals surface area contributed by atoms with Crippen LogP contribution in [0, 0.1) is 0 Å². The van der Waals surface area contributed by atoms with Crippen molar-refractivity contribution in [3.05, 3.63) is 97.2 Å². The minimum absolute atomic E-state index is 0.0180. The summed E-state index contributed by atoms with van der Waals surface area (Å²) in [6.45, 7) is 4.41. The minimum atomic E-state index is -4.60. The van der Waals surface area contributed by atoms with Crippen LogP contribution in [0.2, 0.25) is 0 Å². The van der Waals surface area contributed by atoms with Crippen molar-refractivity contribution >= 4 is 13.7 Å². The van der Waals surface area contributed by atoms with Gasteiger partial charge in [0.2, 0.25) is 5.91 Å². The number of aliphatic hydroxyl groups excluding tert-OH is 1. The molecule has 0 radical (unpaired) electrons. The molecular formula is C45H77N2O6P. The fraction of sp³-hybridized carbons (Fsp3) is 0.622. The molecule has 0 aromatic heterocycles. The Morgan fingerprint density at radius 1 is 0.667 bits per heavy atom. The highest BCUT2D eigenvalue weighted by Crippen LogP contribution is 2.38. The van der Waals surface area contributed by atoms with Gasteiger partial charge in [0, 0.05) is 6.42 Å². The predicted molar refractivity (Wildman–Crippen MR) is 228 cm³/mol. The number of nitrogens with zero attached hydrogens (tertiary/aromatic N) is 1. The number of likely N-dealkylation sites (N-methyl/N-ethyl adjacent to an activating group) is 1.